The Morgan fingerprint density at radius 2 is 0.598 bits per heavy atom. The van der Waals surface area contributed by atoms with E-state index in [0.29, 0.717) is 64.1 Å². The predicted octanol–water partition coefficient (Wildman–Crippen LogP) is 10.6. The Labute approximate surface area is 717 Å². The summed E-state index contributed by atoms with van der Waals surface area (Å²) in [5.41, 5.74) is 1.30. The molecule has 0 aliphatic carbocycles. The molecule has 0 saturated heterocycles. The van der Waals surface area contributed by atoms with Crippen LogP contribution in [-0.4, -0.2) is 210 Å². The summed E-state index contributed by atoms with van der Waals surface area (Å²) >= 11 is 0. The third-order valence-electron chi connectivity index (χ3n) is 12.8. The molecule has 2 aromatic rings. The minimum Gasteiger partial charge on any atom is -0.469 e. The van der Waals surface area contributed by atoms with Gasteiger partial charge in [0.05, 0.1) is 69.1 Å². The number of ketones is 11. The maximum Gasteiger partial charge on any atom is 0.374 e. The van der Waals surface area contributed by atoms with E-state index in [1.165, 1.54) is 49.4 Å². The number of carbonyl (C=O) groups is 23. The molecule has 692 valence electrons. The number of esters is 12. The van der Waals surface area contributed by atoms with Crippen LogP contribution < -0.4 is 0 Å². The summed E-state index contributed by atoms with van der Waals surface area (Å²) in [5.74, 6) is -7.82. The lowest BCUT2D eigenvalue weighted by Gasteiger charge is -2.18. The second-order valence-electron chi connectivity index (χ2n) is 27.7. The molecule has 2 aromatic carbocycles. The van der Waals surface area contributed by atoms with E-state index in [9.17, 15) is 110 Å². The van der Waals surface area contributed by atoms with Crippen molar-refractivity contribution in [1.29, 1.82) is 0 Å². The Balaban J connectivity index is -0.000000165. The zero-order chi connectivity index (χ0) is 96.7. The molecule has 122 heavy (non-hydrogen) atoms. The van der Waals surface area contributed by atoms with Gasteiger partial charge in [-0.1, -0.05) is 130 Å². The van der Waals surface area contributed by atoms with Gasteiger partial charge in [-0.3, -0.25) is 105 Å². The van der Waals surface area contributed by atoms with Gasteiger partial charge < -0.3 is 56.8 Å². The Bertz CT molecular complexity index is 3400. The Hall–Kier alpha value is -11.6. The molecule has 0 spiro atoms. The number of Topliss-reactive ketones (excluding diaryl/α,β-unsaturated/α-hetero) is 11. The van der Waals surface area contributed by atoms with Gasteiger partial charge in [-0.05, 0) is 84.8 Å². The smallest absolute Gasteiger partial charge is 0.374 e. The van der Waals surface area contributed by atoms with Crippen molar-refractivity contribution in [2.24, 2.45) is 11.3 Å². The zero-order valence-corrected chi connectivity index (χ0v) is 76.3. The molecule has 0 fully saturated rings. The van der Waals surface area contributed by atoms with Crippen LogP contribution >= 0.6 is 0 Å². The number of hydrogen-bond donors (Lipinski definition) is 0. The summed E-state index contributed by atoms with van der Waals surface area (Å²) in [6, 6.07) is 18.7. The van der Waals surface area contributed by atoms with E-state index in [4.69, 9.17) is 14.2 Å². The highest BCUT2D eigenvalue weighted by Gasteiger charge is 2.21. The fraction of sp³-hybridized carbons (Fsp3) is 0.598. The van der Waals surface area contributed by atoms with Crippen LogP contribution in [0.3, 0.4) is 0 Å². The molecule has 0 aromatic heterocycles. The second-order valence-corrected chi connectivity index (χ2v) is 27.7. The predicted molar refractivity (Wildman–Crippen MR) is 443 cm³/mol. The van der Waals surface area contributed by atoms with Crippen molar-refractivity contribution in [3.63, 3.8) is 0 Å². The highest BCUT2D eigenvalue weighted by atomic mass is 16.6. The van der Waals surface area contributed by atoms with E-state index in [-0.39, 0.29) is 147 Å². The Morgan fingerprint density at radius 3 is 0.902 bits per heavy atom. The number of carbonyl (C=O) groups excluding carboxylic acids is 23. The van der Waals surface area contributed by atoms with Gasteiger partial charge in [0.1, 0.15) is 141 Å². The molecular weight excluding hydrogens is 1600 g/mol. The topological polar surface area (TPSA) is 503 Å². The number of benzene rings is 2. The van der Waals surface area contributed by atoms with Crippen LogP contribution in [0.4, 0.5) is 0 Å². The first kappa shape index (κ1) is 129. The van der Waals surface area contributed by atoms with Crippen molar-refractivity contribution in [3.8, 4) is 0 Å². The Morgan fingerprint density at radius 1 is 0.311 bits per heavy atom. The molecule has 2 rings (SSSR count). The first-order valence-electron chi connectivity index (χ1n) is 38.7. The molecule has 35 nitrogen and oxygen atoms in total. The molecule has 0 saturated carbocycles. The summed E-state index contributed by atoms with van der Waals surface area (Å²) in [7, 11) is 8.57. The molecule has 0 aliphatic rings. The van der Waals surface area contributed by atoms with Gasteiger partial charge in [-0.25, -0.2) is 4.79 Å². The quantitative estimate of drug-likeness (QED) is 0.0261. The van der Waals surface area contributed by atoms with E-state index in [0.717, 1.165) is 25.3 Å². The molecule has 35 heteroatoms. The fourth-order valence-corrected chi connectivity index (χ4v) is 7.03. The summed E-state index contributed by atoms with van der Waals surface area (Å²) in [6.07, 6.45) is 1.38. The first-order chi connectivity index (χ1) is 56.6. The maximum atomic E-state index is 11.3. The standard InChI is InChI=1S/C12H14O3.C11H12O3.2C9H16O3.2C8H14O3.C7H12O3.C6H8O5.2C6H10O3.C5H8O3/c1-2-11(13)8-12(14)15-9-10-6-4-3-5-7-10;1-14-11(13)8-10(12)7-9-5-3-2-4-6-9;1-9(2,3)6-7(10)5-8(11)12-4;1-5-7(10)6-8(11)12-9(2,3)4;1-6(2)4-7(9)5-8(10)11-3;1-4-7(9)5-8(10)11-6(2)3;1-3-6(8)5-7(9)10-4-2;1-10-5(8)3-4(7)6(9)11-2;1-3-5(7)4-6(8)9-2;1-3-9-6(8)4-5(2)7;1-4(6)3-5(7)8-2/h3-7H,2,8-9H2,1H3;2-6H,7-8H2,1H3;2*5-6H2,1-4H3;2*6H,4-5H2,1-3H3;3-5H2,1-2H3;3H2,1-2H3;2*3-4H2,1-2H3;3H2,1-2H3. The highest BCUT2D eigenvalue weighted by molar-refractivity contribution is 6.36. The van der Waals surface area contributed by atoms with Gasteiger partial charge in [0.2, 0.25) is 0 Å². The van der Waals surface area contributed by atoms with Crippen molar-refractivity contribution < 1.29 is 167 Å². The van der Waals surface area contributed by atoms with Gasteiger partial charge in [0, 0.05) is 51.4 Å². The molecule has 0 radical (unpaired) electrons. The number of methoxy groups -OCH3 is 7. The van der Waals surface area contributed by atoms with Crippen molar-refractivity contribution in [2.45, 2.75) is 272 Å². The van der Waals surface area contributed by atoms with Gasteiger partial charge in [-0.2, -0.15) is 0 Å². The largest absolute Gasteiger partial charge is 0.469 e. The fourth-order valence-electron chi connectivity index (χ4n) is 7.03. The molecular formula is C87H134O35. The molecule has 0 amide bonds. The molecule has 0 N–H and O–H groups in total. The summed E-state index contributed by atoms with van der Waals surface area (Å²) in [6.45, 7) is 34.3. The van der Waals surface area contributed by atoms with Crippen molar-refractivity contribution in [2.75, 3.05) is 63.0 Å². The molecule has 0 aliphatic heterocycles. The first-order valence-corrected chi connectivity index (χ1v) is 38.7. The van der Waals surface area contributed by atoms with Gasteiger partial charge >= 0.3 is 71.6 Å². The van der Waals surface area contributed by atoms with Crippen molar-refractivity contribution in [3.05, 3.63) is 71.8 Å². The monoisotopic (exact) mass is 1740 g/mol. The lowest BCUT2D eigenvalue weighted by Crippen LogP contribution is -2.25. The second kappa shape index (κ2) is 81.8. The minimum atomic E-state index is -1.03. The van der Waals surface area contributed by atoms with E-state index < -0.39 is 89.4 Å². The third-order valence-corrected chi connectivity index (χ3v) is 12.8. The van der Waals surface area contributed by atoms with Gasteiger partial charge in [0.25, 0.3) is 5.78 Å². The number of rotatable bonds is 38. The number of hydrogen-bond acceptors (Lipinski definition) is 35. The SMILES string of the molecule is CCC(=O)CC(=O)OC.CCC(=O)CC(=O)OC(C)(C)C.CCC(=O)CC(=O)OC(C)C.CCC(=O)CC(=O)OCc1ccccc1.CCOC(=O)CC(=O)CC.CCOC(=O)CC(C)=O.COC(=O)CC(=O)C(=O)OC.COC(=O)CC(=O)CC(C)(C)C.COC(=O)CC(=O)CC(C)C.COC(=O)CC(=O)Cc1ccccc1.COC(=O)CC(C)=O. The summed E-state index contributed by atoms with van der Waals surface area (Å²) in [5, 5.41) is 0. The van der Waals surface area contributed by atoms with Crippen LogP contribution in [0.2, 0.25) is 0 Å². The summed E-state index contributed by atoms with van der Waals surface area (Å²) < 4.78 is 53.5. The minimum absolute atomic E-state index is 0.0492. The van der Waals surface area contributed by atoms with Crippen LogP contribution in [-0.2, 0) is 180 Å². The third kappa shape index (κ3) is 105. The Kier molecular flexibility index (Phi) is 86.2. The van der Waals surface area contributed by atoms with Crippen LogP contribution in [0.5, 0.6) is 0 Å². The molecule has 0 bridgehead atoms. The highest BCUT2D eigenvalue weighted by Crippen LogP contribution is 2.19. The molecule has 0 atom stereocenters. The van der Waals surface area contributed by atoms with Crippen LogP contribution in [0.1, 0.15) is 258 Å². The maximum absolute atomic E-state index is 11.3. The van der Waals surface area contributed by atoms with E-state index in [1.807, 2.05) is 95.3 Å². The van der Waals surface area contributed by atoms with Gasteiger partial charge in [-0.15, -0.1) is 0 Å². The molecule has 0 unspecified atom stereocenters. The van der Waals surface area contributed by atoms with Crippen LogP contribution in [0.25, 0.3) is 0 Å². The van der Waals surface area contributed by atoms with E-state index in [2.05, 4.69) is 42.6 Å². The zero-order valence-electron chi connectivity index (χ0n) is 76.3. The summed E-state index contributed by atoms with van der Waals surface area (Å²) in [4.78, 5) is 245. The average molecular weight is 1740 g/mol. The van der Waals surface area contributed by atoms with Crippen molar-refractivity contribution >= 4 is 135 Å². The average Bonchev–Trinajstić information content (AvgIpc) is 0.939. The van der Waals surface area contributed by atoms with E-state index >= 15 is 0 Å². The van der Waals surface area contributed by atoms with Crippen LogP contribution in [0.15, 0.2) is 60.7 Å². The number of ether oxygens (including phenoxy) is 12. The van der Waals surface area contributed by atoms with Gasteiger partial charge in [0.15, 0.2) is 0 Å². The normalized spacial score (nSPS) is 9.54. The van der Waals surface area contributed by atoms with Crippen molar-refractivity contribution in [1.82, 2.24) is 0 Å². The lowest BCUT2D eigenvalue weighted by atomic mass is 9.89. The lowest BCUT2D eigenvalue weighted by molar-refractivity contribution is -0.157. The molecule has 0 heterocycles. The van der Waals surface area contributed by atoms with E-state index in [1.54, 1.807) is 83.1 Å². The van der Waals surface area contributed by atoms with Crippen LogP contribution in [0, 0.1) is 11.3 Å².